The van der Waals surface area contributed by atoms with Gasteiger partial charge in [0.05, 0.1) is 10.0 Å². The highest BCUT2D eigenvalue weighted by Gasteiger charge is 2.46. The number of benzene rings is 1. The van der Waals surface area contributed by atoms with Crippen molar-refractivity contribution in [1.82, 2.24) is 5.32 Å². The average Bonchev–Trinajstić information content (AvgIpc) is 2.90. The van der Waals surface area contributed by atoms with Crippen LogP contribution in [0.5, 0.6) is 0 Å². The Bertz CT molecular complexity index is 845. The number of Topliss-reactive ketones (excluding diaryl/α,β-unsaturated/α-hetero) is 2. The number of halogens is 2. The number of fused-ring (bicyclic) bond motifs is 1. The Kier molecular flexibility index (Phi) is 3.89. The molecule has 1 fully saturated rings. The third-order valence-electron chi connectivity index (χ3n) is 4.56. The zero-order valence-electron chi connectivity index (χ0n) is 12.7. The number of carbonyl (C=O) groups excluding carboxylic acids is 4. The Morgan fingerprint density at radius 2 is 1.96 bits per heavy atom. The van der Waals surface area contributed by atoms with Crippen molar-refractivity contribution in [2.45, 2.75) is 25.7 Å². The van der Waals surface area contributed by atoms with Gasteiger partial charge >= 0.3 is 0 Å². The van der Waals surface area contributed by atoms with Crippen molar-refractivity contribution >= 4 is 46.6 Å². The molecule has 1 saturated heterocycles. The molecular weight excluding hydrogens is 353 g/mol. The summed E-state index contributed by atoms with van der Waals surface area (Å²) in [6.07, 6.45) is 2.52. The Hall–Kier alpha value is -1.98. The fraction of sp³-hybridized carbons (Fsp3) is 0.294. The molecule has 2 unspecified atom stereocenters. The van der Waals surface area contributed by atoms with Crippen LogP contribution in [-0.2, 0) is 20.8 Å². The number of allylic oxidation sites excluding steroid dienone is 1. The molecule has 2 aliphatic rings. The summed E-state index contributed by atoms with van der Waals surface area (Å²) in [5.74, 6) is -4.05. The molecule has 5 nitrogen and oxygen atoms in total. The summed E-state index contributed by atoms with van der Waals surface area (Å²) >= 11 is 12.5. The molecule has 2 amide bonds. The standard InChI is InChI=1S/C17H13Cl2NO4/c1-3-4-17(2)6-7-5-8(10-13(21)16(24)20-15(10)23)11(18)12(19)9(7)14(17)22/h3,5,10H,1,4,6H2,2H3,(H,20,23,24). The van der Waals surface area contributed by atoms with Crippen molar-refractivity contribution in [3.8, 4) is 0 Å². The van der Waals surface area contributed by atoms with E-state index in [2.05, 4.69) is 6.58 Å². The van der Waals surface area contributed by atoms with E-state index >= 15 is 0 Å². The minimum absolute atomic E-state index is 0.0157. The van der Waals surface area contributed by atoms with E-state index in [-0.39, 0.29) is 21.4 Å². The van der Waals surface area contributed by atoms with Gasteiger partial charge in [-0.05, 0) is 24.0 Å². The largest absolute Gasteiger partial charge is 0.295 e. The van der Waals surface area contributed by atoms with Gasteiger partial charge in [0.25, 0.3) is 5.91 Å². The molecule has 124 valence electrons. The number of amides is 2. The summed E-state index contributed by atoms with van der Waals surface area (Å²) in [6.45, 7) is 5.47. The fourth-order valence-electron chi connectivity index (χ4n) is 3.36. The van der Waals surface area contributed by atoms with Gasteiger partial charge in [-0.25, -0.2) is 0 Å². The van der Waals surface area contributed by atoms with E-state index in [1.165, 1.54) is 6.07 Å². The van der Waals surface area contributed by atoms with Crippen LogP contribution in [0.3, 0.4) is 0 Å². The second-order valence-electron chi connectivity index (χ2n) is 6.30. The highest BCUT2D eigenvalue weighted by molar-refractivity contribution is 6.51. The van der Waals surface area contributed by atoms with Crippen LogP contribution in [0, 0.1) is 5.41 Å². The number of nitrogens with one attached hydrogen (secondary N) is 1. The second kappa shape index (κ2) is 5.53. The summed E-state index contributed by atoms with van der Waals surface area (Å²) in [5.41, 5.74) is 0.401. The van der Waals surface area contributed by atoms with E-state index in [4.69, 9.17) is 23.2 Å². The maximum Gasteiger partial charge on any atom is 0.295 e. The predicted octanol–water partition coefficient (Wildman–Crippen LogP) is 2.62. The molecule has 1 aliphatic carbocycles. The predicted molar refractivity (Wildman–Crippen MR) is 88.3 cm³/mol. The topological polar surface area (TPSA) is 80.3 Å². The van der Waals surface area contributed by atoms with E-state index < -0.39 is 28.9 Å². The molecule has 2 atom stereocenters. The summed E-state index contributed by atoms with van der Waals surface area (Å²) < 4.78 is 0. The molecular formula is C17H13Cl2NO4. The number of hydrogen-bond donors (Lipinski definition) is 1. The summed E-state index contributed by atoms with van der Waals surface area (Å²) in [4.78, 5) is 48.0. The third kappa shape index (κ3) is 2.23. The number of imide groups is 1. The minimum Gasteiger partial charge on any atom is -0.293 e. The summed E-state index contributed by atoms with van der Waals surface area (Å²) in [6, 6.07) is 1.54. The SMILES string of the molecule is C=CCC1(C)Cc2cc(C3C(=O)NC(=O)C3=O)c(Cl)c(Cl)c2C1=O. The number of hydrogen-bond acceptors (Lipinski definition) is 4. The lowest BCUT2D eigenvalue weighted by Crippen LogP contribution is -2.23. The zero-order chi connectivity index (χ0) is 17.8. The first-order chi connectivity index (χ1) is 11.2. The molecule has 3 rings (SSSR count). The van der Waals surface area contributed by atoms with Crippen molar-refractivity contribution in [1.29, 1.82) is 0 Å². The first-order valence-corrected chi connectivity index (χ1v) is 8.02. The van der Waals surface area contributed by atoms with Gasteiger partial charge in [-0.15, -0.1) is 6.58 Å². The average molecular weight is 366 g/mol. The number of carbonyl (C=O) groups is 4. The van der Waals surface area contributed by atoms with Crippen LogP contribution in [0.1, 0.15) is 40.7 Å². The van der Waals surface area contributed by atoms with Gasteiger partial charge < -0.3 is 0 Å². The van der Waals surface area contributed by atoms with Gasteiger partial charge in [-0.2, -0.15) is 0 Å². The Morgan fingerprint density at radius 1 is 1.29 bits per heavy atom. The van der Waals surface area contributed by atoms with Crippen molar-refractivity contribution in [3.05, 3.63) is 45.5 Å². The quantitative estimate of drug-likeness (QED) is 0.386. The van der Waals surface area contributed by atoms with Crippen molar-refractivity contribution in [2.75, 3.05) is 0 Å². The molecule has 0 bridgehead atoms. The lowest BCUT2D eigenvalue weighted by molar-refractivity contribution is -0.135. The van der Waals surface area contributed by atoms with Crippen LogP contribution < -0.4 is 5.32 Å². The molecule has 24 heavy (non-hydrogen) atoms. The molecule has 0 aromatic heterocycles. The zero-order valence-corrected chi connectivity index (χ0v) is 14.3. The second-order valence-corrected chi connectivity index (χ2v) is 7.06. The van der Waals surface area contributed by atoms with Crippen LogP contribution >= 0.6 is 23.2 Å². The lowest BCUT2D eigenvalue weighted by atomic mass is 9.83. The third-order valence-corrected chi connectivity index (χ3v) is 5.45. The van der Waals surface area contributed by atoms with Crippen LogP contribution in [0.25, 0.3) is 0 Å². The van der Waals surface area contributed by atoms with Gasteiger partial charge in [-0.3, -0.25) is 24.5 Å². The van der Waals surface area contributed by atoms with Crippen molar-refractivity contribution in [3.63, 3.8) is 0 Å². The highest BCUT2D eigenvalue weighted by atomic mass is 35.5. The minimum atomic E-state index is -1.32. The Labute approximate surface area is 148 Å². The fourth-order valence-corrected chi connectivity index (χ4v) is 3.93. The molecule has 1 aliphatic heterocycles. The van der Waals surface area contributed by atoms with Crippen LogP contribution in [0.4, 0.5) is 0 Å². The number of ketones is 2. The van der Waals surface area contributed by atoms with Gasteiger partial charge in [0, 0.05) is 11.0 Å². The van der Waals surface area contributed by atoms with Crippen molar-refractivity contribution < 1.29 is 19.2 Å². The molecule has 1 aromatic rings. The van der Waals surface area contributed by atoms with E-state index in [0.29, 0.717) is 24.0 Å². The monoisotopic (exact) mass is 365 g/mol. The van der Waals surface area contributed by atoms with Crippen LogP contribution in [0.2, 0.25) is 10.0 Å². The van der Waals surface area contributed by atoms with Crippen LogP contribution in [-0.4, -0.2) is 23.4 Å². The van der Waals surface area contributed by atoms with Gasteiger partial charge in [0.1, 0.15) is 5.92 Å². The normalized spacial score (nSPS) is 25.9. The Morgan fingerprint density at radius 3 is 2.50 bits per heavy atom. The molecule has 7 heteroatoms. The molecule has 1 heterocycles. The Balaban J connectivity index is 2.16. The summed E-state index contributed by atoms with van der Waals surface area (Å²) in [7, 11) is 0. The van der Waals surface area contributed by atoms with Crippen molar-refractivity contribution in [2.24, 2.45) is 5.41 Å². The van der Waals surface area contributed by atoms with E-state index in [1.54, 1.807) is 13.0 Å². The number of rotatable bonds is 3. The molecule has 0 spiro atoms. The molecule has 0 radical (unpaired) electrons. The first kappa shape index (κ1) is 16.9. The smallest absolute Gasteiger partial charge is 0.293 e. The maximum absolute atomic E-state index is 12.7. The van der Waals surface area contributed by atoms with E-state index in [9.17, 15) is 19.2 Å². The lowest BCUT2D eigenvalue weighted by Gasteiger charge is -2.19. The molecule has 1 aromatic carbocycles. The van der Waals surface area contributed by atoms with E-state index in [0.717, 1.165) is 0 Å². The molecule has 0 saturated carbocycles. The van der Waals surface area contributed by atoms with Gasteiger partial charge in [0.2, 0.25) is 11.7 Å². The molecule has 1 N–H and O–H groups in total. The maximum atomic E-state index is 12.7. The highest BCUT2D eigenvalue weighted by Crippen LogP contribution is 2.47. The van der Waals surface area contributed by atoms with E-state index in [1.807, 2.05) is 5.32 Å². The first-order valence-electron chi connectivity index (χ1n) is 7.26. The van der Waals surface area contributed by atoms with Gasteiger partial charge in [-0.1, -0.05) is 42.3 Å². The van der Waals surface area contributed by atoms with Crippen LogP contribution in [0.15, 0.2) is 18.7 Å². The van der Waals surface area contributed by atoms with Gasteiger partial charge in [0.15, 0.2) is 5.78 Å². The summed E-state index contributed by atoms with van der Waals surface area (Å²) in [5, 5.41) is 1.93.